The van der Waals surface area contributed by atoms with Crippen LogP contribution in [0.5, 0.6) is 0 Å². The van der Waals surface area contributed by atoms with Crippen molar-refractivity contribution in [2.75, 3.05) is 24.2 Å². The van der Waals surface area contributed by atoms with Gasteiger partial charge in [0.15, 0.2) is 0 Å². The number of anilines is 1. The number of nitrogens with one attached hydrogen (secondary N) is 1. The molecule has 0 aliphatic heterocycles. The molecule has 0 unspecified atom stereocenters. The smallest absolute Gasteiger partial charge is 0.244 e. The van der Waals surface area contributed by atoms with Gasteiger partial charge >= 0.3 is 0 Å². The van der Waals surface area contributed by atoms with Crippen molar-refractivity contribution in [3.8, 4) is 0 Å². The summed E-state index contributed by atoms with van der Waals surface area (Å²) in [6.07, 6.45) is 1.43. The van der Waals surface area contributed by atoms with Crippen molar-refractivity contribution in [1.82, 2.24) is 10.2 Å². The van der Waals surface area contributed by atoms with Crippen LogP contribution in [-0.4, -0.2) is 51.0 Å². The average molecular weight is 480 g/mol. The zero-order chi connectivity index (χ0) is 24.1. The Morgan fingerprint density at radius 3 is 2.16 bits per heavy atom. The zero-order valence-corrected chi connectivity index (χ0v) is 20.6. The monoisotopic (exact) mass is 479 g/mol. The van der Waals surface area contributed by atoms with E-state index in [0.29, 0.717) is 22.7 Å². The van der Waals surface area contributed by atoms with E-state index in [4.69, 9.17) is 11.6 Å². The van der Waals surface area contributed by atoms with E-state index in [1.54, 1.807) is 57.2 Å². The second-order valence-corrected chi connectivity index (χ2v) is 9.98. The van der Waals surface area contributed by atoms with E-state index in [-0.39, 0.29) is 12.5 Å². The molecule has 0 aromatic heterocycles. The summed E-state index contributed by atoms with van der Waals surface area (Å²) >= 11 is 6.31. The molecule has 2 aromatic rings. The Morgan fingerprint density at radius 1 is 1.06 bits per heavy atom. The van der Waals surface area contributed by atoms with Gasteiger partial charge in [0.05, 0.1) is 11.9 Å². The average Bonchev–Trinajstić information content (AvgIpc) is 2.72. The number of hydrogen-bond donors (Lipinski definition) is 1. The fraction of sp³-hybridized carbons (Fsp3) is 0.391. The summed E-state index contributed by atoms with van der Waals surface area (Å²) in [4.78, 5) is 27.5. The third kappa shape index (κ3) is 6.01. The Bertz CT molecular complexity index is 1070. The minimum Gasteiger partial charge on any atom is -0.357 e. The number of carbonyl (C=O) groups is 2. The molecule has 0 saturated carbocycles. The van der Waals surface area contributed by atoms with Crippen molar-refractivity contribution < 1.29 is 18.0 Å². The van der Waals surface area contributed by atoms with Crippen molar-refractivity contribution in [3.63, 3.8) is 0 Å². The molecule has 2 amide bonds. The largest absolute Gasteiger partial charge is 0.357 e. The maximum atomic E-state index is 13.5. The summed E-state index contributed by atoms with van der Waals surface area (Å²) in [6.45, 7) is 5.04. The van der Waals surface area contributed by atoms with E-state index in [0.717, 1.165) is 21.7 Å². The van der Waals surface area contributed by atoms with Gasteiger partial charge in [0.2, 0.25) is 21.8 Å². The van der Waals surface area contributed by atoms with Gasteiger partial charge in [-0.15, -0.1) is 0 Å². The maximum absolute atomic E-state index is 13.5. The summed E-state index contributed by atoms with van der Waals surface area (Å²) in [5.41, 5.74) is 2.61. The van der Waals surface area contributed by atoms with E-state index in [1.165, 1.54) is 11.9 Å². The molecular weight excluding hydrogens is 450 g/mol. The molecule has 1 N–H and O–H groups in total. The molecule has 0 heterocycles. The van der Waals surface area contributed by atoms with Crippen LogP contribution in [0.3, 0.4) is 0 Å². The first-order chi connectivity index (χ1) is 15.0. The second kappa shape index (κ2) is 10.8. The Labute approximate surface area is 195 Å². The summed E-state index contributed by atoms with van der Waals surface area (Å²) in [5.74, 6) is -0.820. The van der Waals surface area contributed by atoms with Crippen LogP contribution in [0.2, 0.25) is 5.02 Å². The number of amides is 2. The molecule has 9 heteroatoms. The second-order valence-electron chi connectivity index (χ2n) is 7.66. The predicted octanol–water partition coefficient (Wildman–Crippen LogP) is 3.28. The van der Waals surface area contributed by atoms with Gasteiger partial charge in [0, 0.05) is 18.6 Å². The van der Waals surface area contributed by atoms with Crippen LogP contribution in [0.25, 0.3) is 0 Å². The van der Waals surface area contributed by atoms with Crippen LogP contribution in [0, 0.1) is 13.8 Å². The van der Waals surface area contributed by atoms with Crippen LogP contribution in [0.4, 0.5) is 5.69 Å². The highest BCUT2D eigenvalue weighted by atomic mass is 35.5. The number of hydrogen-bond acceptors (Lipinski definition) is 4. The van der Waals surface area contributed by atoms with Crippen molar-refractivity contribution in [2.45, 2.75) is 39.8 Å². The molecule has 0 aliphatic carbocycles. The van der Waals surface area contributed by atoms with Gasteiger partial charge in [-0.2, -0.15) is 0 Å². The Morgan fingerprint density at radius 2 is 1.66 bits per heavy atom. The standard InChI is InChI=1S/C23H30ClN3O4S/c1-6-20(23(29)25-4)26(14-18-12-7-8-13-19(18)24)21(28)15-27(32(5,30)31)22-16(2)10-9-11-17(22)3/h7-13,20H,6,14-15H2,1-5H3,(H,25,29)/t20-/m1/s1. The molecule has 2 aromatic carbocycles. The number of nitrogens with zero attached hydrogens (tertiary/aromatic N) is 2. The van der Waals surface area contributed by atoms with Gasteiger partial charge in [-0.05, 0) is 43.0 Å². The van der Waals surface area contributed by atoms with Gasteiger partial charge in [-0.3, -0.25) is 13.9 Å². The van der Waals surface area contributed by atoms with Crippen LogP contribution >= 0.6 is 11.6 Å². The van der Waals surface area contributed by atoms with Crippen LogP contribution in [0.15, 0.2) is 42.5 Å². The van der Waals surface area contributed by atoms with E-state index in [2.05, 4.69) is 5.32 Å². The van der Waals surface area contributed by atoms with E-state index in [9.17, 15) is 18.0 Å². The summed E-state index contributed by atoms with van der Waals surface area (Å²) < 4.78 is 26.5. The third-order valence-corrected chi connectivity index (χ3v) is 6.78. The molecule has 2 rings (SSSR count). The number of rotatable bonds is 9. The quantitative estimate of drug-likeness (QED) is 0.598. The number of likely N-dealkylation sites (N-methyl/N-ethyl adjacent to an activating group) is 1. The predicted molar refractivity (Wildman–Crippen MR) is 128 cm³/mol. The minimum absolute atomic E-state index is 0.0782. The normalized spacial score (nSPS) is 12.2. The van der Waals surface area contributed by atoms with Gasteiger partial charge in [0.1, 0.15) is 12.6 Å². The first kappa shape index (κ1) is 25.7. The number of para-hydroxylation sites is 1. The molecule has 0 aliphatic rings. The van der Waals surface area contributed by atoms with Gasteiger partial charge in [-0.1, -0.05) is 54.9 Å². The molecule has 32 heavy (non-hydrogen) atoms. The SMILES string of the molecule is CC[C@H](C(=O)NC)N(Cc1ccccc1Cl)C(=O)CN(c1c(C)cccc1C)S(C)(=O)=O. The molecule has 0 spiro atoms. The minimum atomic E-state index is -3.77. The third-order valence-electron chi connectivity index (χ3n) is 5.30. The van der Waals surface area contributed by atoms with Gasteiger partial charge in [-0.25, -0.2) is 8.42 Å². The number of carbonyl (C=O) groups excluding carboxylic acids is 2. The topological polar surface area (TPSA) is 86.8 Å². The van der Waals surface area contributed by atoms with E-state index < -0.39 is 28.5 Å². The molecule has 0 saturated heterocycles. The lowest BCUT2D eigenvalue weighted by Crippen LogP contribution is -2.51. The van der Waals surface area contributed by atoms with Crippen molar-refractivity contribution in [2.24, 2.45) is 0 Å². The lowest BCUT2D eigenvalue weighted by Gasteiger charge is -2.33. The van der Waals surface area contributed by atoms with Crippen LogP contribution < -0.4 is 9.62 Å². The summed E-state index contributed by atoms with van der Waals surface area (Å²) in [7, 11) is -2.27. The van der Waals surface area contributed by atoms with Crippen LogP contribution in [0.1, 0.15) is 30.0 Å². The van der Waals surface area contributed by atoms with Crippen LogP contribution in [-0.2, 0) is 26.2 Å². The zero-order valence-electron chi connectivity index (χ0n) is 19.1. The number of aryl methyl sites for hydroxylation is 2. The highest BCUT2D eigenvalue weighted by molar-refractivity contribution is 7.92. The molecule has 7 nitrogen and oxygen atoms in total. The van der Waals surface area contributed by atoms with Gasteiger partial charge < -0.3 is 10.2 Å². The first-order valence-corrected chi connectivity index (χ1v) is 12.5. The Kier molecular flexibility index (Phi) is 8.69. The summed E-state index contributed by atoms with van der Waals surface area (Å²) in [6, 6.07) is 11.7. The molecule has 0 radical (unpaired) electrons. The Balaban J connectivity index is 2.51. The Hall–Kier alpha value is -2.58. The lowest BCUT2D eigenvalue weighted by molar-refractivity contribution is -0.140. The number of benzene rings is 2. The maximum Gasteiger partial charge on any atom is 0.244 e. The fourth-order valence-electron chi connectivity index (χ4n) is 3.67. The fourth-order valence-corrected chi connectivity index (χ4v) is 4.83. The molecule has 0 fully saturated rings. The summed E-state index contributed by atoms with van der Waals surface area (Å²) in [5, 5.41) is 3.05. The number of halogens is 1. The lowest BCUT2D eigenvalue weighted by atomic mass is 10.1. The molecule has 1 atom stereocenters. The van der Waals surface area contributed by atoms with Crippen molar-refractivity contribution in [1.29, 1.82) is 0 Å². The van der Waals surface area contributed by atoms with Gasteiger partial charge in [0.25, 0.3) is 0 Å². The van der Waals surface area contributed by atoms with Crippen molar-refractivity contribution in [3.05, 3.63) is 64.2 Å². The van der Waals surface area contributed by atoms with E-state index in [1.807, 2.05) is 6.07 Å². The van der Waals surface area contributed by atoms with Crippen molar-refractivity contribution >= 4 is 39.1 Å². The molecule has 174 valence electrons. The highest BCUT2D eigenvalue weighted by Gasteiger charge is 2.32. The van der Waals surface area contributed by atoms with E-state index >= 15 is 0 Å². The number of sulfonamides is 1. The molecular formula is C23H30ClN3O4S. The first-order valence-electron chi connectivity index (χ1n) is 10.3. The molecule has 0 bridgehead atoms. The highest BCUT2D eigenvalue weighted by Crippen LogP contribution is 2.27.